The predicted octanol–water partition coefficient (Wildman–Crippen LogP) is 2.19. The first-order chi connectivity index (χ1) is 8.58. The molecule has 0 saturated carbocycles. The van der Waals surface area contributed by atoms with Gasteiger partial charge in [0.1, 0.15) is 0 Å². The van der Waals surface area contributed by atoms with Crippen LogP contribution in [0.25, 0.3) is 0 Å². The van der Waals surface area contributed by atoms with Crippen LogP contribution in [0.3, 0.4) is 0 Å². The lowest BCUT2D eigenvalue weighted by atomic mass is 10.1. The molecular weight excluding hydrogens is 232 g/mol. The molecule has 100 valence electrons. The van der Waals surface area contributed by atoms with Crippen molar-refractivity contribution in [1.82, 2.24) is 0 Å². The molecule has 0 aliphatic carbocycles. The normalized spacial score (nSPS) is 12.1. The van der Waals surface area contributed by atoms with Gasteiger partial charge in [0.25, 0.3) is 0 Å². The van der Waals surface area contributed by atoms with Gasteiger partial charge >= 0.3 is 5.97 Å². The second-order valence-corrected chi connectivity index (χ2v) is 4.19. The number of methoxy groups -OCH3 is 1. The highest BCUT2D eigenvalue weighted by Crippen LogP contribution is 2.21. The second kappa shape index (κ2) is 6.86. The molecule has 1 unspecified atom stereocenters. The molecule has 0 radical (unpaired) electrons. The largest absolute Gasteiger partial charge is 0.478 e. The molecule has 0 aliphatic rings. The van der Waals surface area contributed by atoms with Crippen LogP contribution in [0.5, 0.6) is 0 Å². The summed E-state index contributed by atoms with van der Waals surface area (Å²) in [6, 6.07) is 4.87. The molecule has 1 aromatic carbocycles. The van der Waals surface area contributed by atoms with Crippen LogP contribution in [-0.2, 0) is 4.74 Å². The van der Waals surface area contributed by atoms with Gasteiger partial charge in [-0.05, 0) is 24.6 Å². The van der Waals surface area contributed by atoms with E-state index < -0.39 is 5.97 Å². The van der Waals surface area contributed by atoms with E-state index in [-0.39, 0.29) is 11.6 Å². The van der Waals surface area contributed by atoms with E-state index in [0.717, 1.165) is 18.5 Å². The zero-order valence-electron chi connectivity index (χ0n) is 10.8. The summed E-state index contributed by atoms with van der Waals surface area (Å²) in [5.74, 6) is -0.977. The standard InChI is InChI=1S/C13H20N2O3/c1-3-4-10(8-18-2)15-12-6-5-9(13(16)17)7-11(12)14/h5-7,10,15H,3-4,8,14H2,1-2H3,(H,16,17). The molecule has 18 heavy (non-hydrogen) atoms. The SMILES string of the molecule is CCCC(COC)Nc1ccc(C(=O)O)cc1N. The van der Waals surface area contributed by atoms with Gasteiger partial charge < -0.3 is 20.9 Å². The first-order valence-corrected chi connectivity index (χ1v) is 5.96. The zero-order valence-corrected chi connectivity index (χ0v) is 10.8. The average Bonchev–Trinajstić information content (AvgIpc) is 2.32. The van der Waals surface area contributed by atoms with Gasteiger partial charge in [0, 0.05) is 13.2 Å². The third-order valence-corrected chi connectivity index (χ3v) is 2.66. The minimum absolute atomic E-state index is 0.179. The topological polar surface area (TPSA) is 84.6 Å². The van der Waals surface area contributed by atoms with Crippen molar-refractivity contribution in [3.05, 3.63) is 23.8 Å². The van der Waals surface area contributed by atoms with Crippen molar-refractivity contribution in [3.63, 3.8) is 0 Å². The summed E-state index contributed by atoms with van der Waals surface area (Å²) in [4.78, 5) is 10.8. The Morgan fingerprint density at radius 1 is 1.56 bits per heavy atom. The van der Waals surface area contributed by atoms with Crippen molar-refractivity contribution in [2.24, 2.45) is 0 Å². The summed E-state index contributed by atoms with van der Waals surface area (Å²) >= 11 is 0. The van der Waals surface area contributed by atoms with Crippen molar-refractivity contribution in [3.8, 4) is 0 Å². The zero-order chi connectivity index (χ0) is 13.5. The van der Waals surface area contributed by atoms with Crippen molar-refractivity contribution < 1.29 is 14.6 Å². The van der Waals surface area contributed by atoms with E-state index in [1.165, 1.54) is 12.1 Å². The lowest BCUT2D eigenvalue weighted by molar-refractivity contribution is 0.0697. The van der Waals surface area contributed by atoms with Crippen molar-refractivity contribution in [2.75, 3.05) is 24.8 Å². The van der Waals surface area contributed by atoms with Crippen LogP contribution < -0.4 is 11.1 Å². The summed E-state index contributed by atoms with van der Waals surface area (Å²) in [6.45, 7) is 2.69. The summed E-state index contributed by atoms with van der Waals surface area (Å²) < 4.78 is 5.13. The maximum Gasteiger partial charge on any atom is 0.335 e. The molecule has 1 aromatic rings. The van der Waals surface area contributed by atoms with Crippen LogP contribution in [0.4, 0.5) is 11.4 Å². The smallest absolute Gasteiger partial charge is 0.335 e. The molecule has 0 bridgehead atoms. The minimum atomic E-state index is -0.977. The number of nitrogen functional groups attached to an aromatic ring is 1. The average molecular weight is 252 g/mol. The maximum absolute atomic E-state index is 10.8. The third kappa shape index (κ3) is 3.92. The van der Waals surface area contributed by atoms with E-state index in [0.29, 0.717) is 12.3 Å². The summed E-state index contributed by atoms with van der Waals surface area (Å²) in [5, 5.41) is 12.1. The Morgan fingerprint density at radius 2 is 2.28 bits per heavy atom. The van der Waals surface area contributed by atoms with E-state index in [2.05, 4.69) is 12.2 Å². The Bertz CT molecular complexity index is 401. The first kappa shape index (κ1) is 14.3. The van der Waals surface area contributed by atoms with Crippen molar-refractivity contribution in [2.45, 2.75) is 25.8 Å². The highest BCUT2D eigenvalue weighted by atomic mass is 16.5. The highest BCUT2D eigenvalue weighted by molar-refractivity contribution is 5.90. The number of hydrogen-bond acceptors (Lipinski definition) is 4. The lowest BCUT2D eigenvalue weighted by Crippen LogP contribution is -2.25. The Hall–Kier alpha value is -1.75. The Labute approximate surface area is 107 Å². The van der Waals surface area contributed by atoms with Crippen molar-refractivity contribution in [1.29, 1.82) is 0 Å². The maximum atomic E-state index is 10.8. The van der Waals surface area contributed by atoms with Crippen LogP contribution in [0.1, 0.15) is 30.1 Å². The minimum Gasteiger partial charge on any atom is -0.478 e. The molecular formula is C13H20N2O3. The Kier molecular flexibility index (Phi) is 5.45. The molecule has 0 spiro atoms. The number of nitrogens with one attached hydrogen (secondary N) is 1. The number of carboxylic acid groups (broad SMARTS) is 1. The lowest BCUT2D eigenvalue weighted by Gasteiger charge is -2.19. The molecule has 0 saturated heterocycles. The monoisotopic (exact) mass is 252 g/mol. The third-order valence-electron chi connectivity index (χ3n) is 2.66. The van der Waals surface area contributed by atoms with Gasteiger partial charge in [-0.2, -0.15) is 0 Å². The van der Waals surface area contributed by atoms with Gasteiger partial charge in [0.05, 0.1) is 23.5 Å². The van der Waals surface area contributed by atoms with Gasteiger partial charge in [0.2, 0.25) is 0 Å². The first-order valence-electron chi connectivity index (χ1n) is 5.96. The quantitative estimate of drug-likeness (QED) is 0.648. The van der Waals surface area contributed by atoms with Gasteiger partial charge in [-0.25, -0.2) is 4.79 Å². The number of rotatable bonds is 7. The van der Waals surface area contributed by atoms with Gasteiger partial charge in [-0.15, -0.1) is 0 Å². The number of carboxylic acids is 1. The van der Waals surface area contributed by atoms with Crippen LogP contribution in [0.15, 0.2) is 18.2 Å². The number of ether oxygens (including phenoxy) is 1. The molecule has 0 amide bonds. The van der Waals surface area contributed by atoms with Crippen LogP contribution in [0, 0.1) is 0 Å². The Morgan fingerprint density at radius 3 is 2.78 bits per heavy atom. The van der Waals surface area contributed by atoms with Gasteiger partial charge in [0.15, 0.2) is 0 Å². The highest BCUT2D eigenvalue weighted by Gasteiger charge is 2.11. The molecule has 0 heterocycles. The van der Waals surface area contributed by atoms with Crippen LogP contribution in [-0.4, -0.2) is 30.8 Å². The molecule has 0 fully saturated rings. The van der Waals surface area contributed by atoms with E-state index in [1.54, 1.807) is 13.2 Å². The number of carbonyl (C=O) groups is 1. The second-order valence-electron chi connectivity index (χ2n) is 4.19. The number of hydrogen-bond donors (Lipinski definition) is 3. The number of nitrogens with two attached hydrogens (primary N) is 1. The van der Waals surface area contributed by atoms with Crippen LogP contribution in [0.2, 0.25) is 0 Å². The van der Waals surface area contributed by atoms with E-state index in [1.807, 2.05) is 0 Å². The summed E-state index contributed by atoms with van der Waals surface area (Å²) in [6.07, 6.45) is 2.00. The molecule has 1 rings (SSSR count). The fourth-order valence-electron chi connectivity index (χ4n) is 1.79. The molecule has 5 heteroatoms. The van der Waals surface area contributed by atoms with Crippen LogP contribution >= 0.6 is 0 Å². The number of aromatic carboxylic acids is 1. The summed E-state index contributed by atoms with van der Waals surface area (Å²) in [7, 11) is 1.65. The molecule has 4 N–H and O–H groups in total. The number of anilines is 2. The Balaban J connectivity index is 2.79. The molecule has 5 nitrogen and oxygen atoms in total. The van der Waals surface area contributed by atoms with Gasteiger partial charge in [-0.3, -0.25) is 0 Å². The fraction of sp³-hybridized carbons (Fsp3) is 0.462. The summed E-state index contributed by atoms with van der Waals surface area (Å²) in [5.41, 5.74) is 7.21. The molecule has 1 atom stereocenters. The molecule has 0 aromatic heterocycles. The number of benzene rings is 1. The van der Waals surface area contributed by atoms with E-state index >= 15 is 0 Å². The van der Waals surface area contributed by atoms with Gasteiger partial charge in [-0.1, -0.05) is 13.3 Å². The van der Waals surface area contributed by atoms with Crippen molar-refractivity contribution >= 4 is 17.3 Å². The fourth-order valence-corrected chi connectivity index (χ4v) is 1.79. The molecule has 0 aliphatic heterocycles. The van der Waals surface area contributed by atoms with E-state index in [9.17, 15) is 4.79 Å². The van der Waals surface area contributed by atoms with E-state index in [4.69, 9.17) is 15.6 Å². The predicted molar refractivity (Wildman–Crippen MR) is 72.0 cm³/mol.